The predicted octanol–water partition coefficient (Wildman–Crippen LogP) is 3.67. The van der Waals surface area contributed by atoms with Gasteiger partial charge in [0.15, 0.2) is 6.29 Å². The third-order valence-electron chi connectivity index (χ3n) is 3.33. The first-order valence-corrected chi connectivity index (χ1v) is 8.27. The van der Waals surface area contributed by atoms with Crippen molar-refractivity contribution in [1.29, 1.82) is 0 Å². The highest BCUT2D eigenvalue weighted by Gasteiger charge is 2.17. The fraction of sp³-hybridized carbons (Fsp3) is 0.667. The highest BCUT2D eigenvalue weighted by Crippen LogP contribution is 2.19. The van der Waals surface area contributed by atoms with Crippen molar-refractivity contribution in [1.82, 2.24) is 5.48 Å². The Kier molecular flexibility index (Phi) is 6.50. The van der Waals surface area contributed by atoms with E-state index in [1.807, 2.05) is 12.1 Å². The number of amides is 1. The van der Waals surface area contributed by atoms with Crippen molar-refractivity contribution in [3.63, 3.8) is 0 Å². The Morgan fingerprint density at radius 1 is 1.45 bits per heavy atom. The molecule has 1 aliphatic rings. The number of hydrogen-bond donors (Lipinski definition) is 1. The summed E-state index contributed by atoms with van der Waals surface area (Å²) < 4.78 is 5.40. The molecule has 2 heterocycles. The molecule has 1 aromatic heterocycles. The molecule has 0 spiro atoms. The maximum atomic E-state index is 11.9. The van der Waals surface area contributed by atoms with E-state index < -0.39 is 0 Å². The van der Waals surface area contributed by atoms with Crippen molar-refractivity contribution in [3.05, 3.63) is 21.9 Å². The zero-order valence-corrected chi connectivity index (χ0v) is 12.8. The number of thiophene rings is 1. The summed E-state index contributed by atoms with van der Waals surface area (Å²) in [7, 11) is 0. The van der Waals surface area contributed by atoms with Crippen LogP contribution in [-0.2, 0) is 16.0 Å². The first-order chi connectivity index (χ1) is 9.79. The Labute approximate surface area is 124 Å². The standard InChI is InChI=1S/C15H23NO3S/c1-2-3-4-7-12-9-10-13(20-12)15(17)16-19-14-8-5-6-11-18-14/h9-10,14H,2-8,11H2,1H3,(H,16,17). The molecule has 1 fully saturated rings. The SMILES string of the molecule is CCCCCc1ccc(C(=O)NOC2CCCCO2)s1. The largest absolute Gasteiger partial charge is 0.350 e. The zero-order valence-electron chi connectivity index (χ0n) is 12.0. The summed E-state index contributed by atoms with van der Waals surface area (Å²) in [5.74, 6) is -0.175. The summed E-state index contributed by atoms with van der Waals surface area (Å²) >= 11 is 1.55. The van der Waals surface area contributed by atoms with Crippen LogP contribution in [0.15, 0.2) is 12.1 Å². The van der Waals surface area contributed by atoms with Gasteiger partial charge in [-0.3, -0.25) is 4.79 Å². The first kappa shape index (κ1) is 15.5. The number of carbonyl (C=O) groups is 1. The molecular weight excluding hydrogens is 274 g/mol. The number of aryl methyl sites for hydroxylation is 1. The van der Waals surface area contributed by atoms with Crippen LogP contribution in [0.5, 0.6) is 0 Å². The van der Waals surface area contributed by atoms with Gasteiger partial charge in [-0.1, -0.05) is 19.8 Å². The van der Waals surface area contributed by atoms with Crippen LogP contribution in [0.4, 0.5) is 0 Å². The van der Waals surface area contributed by atoms with E-state index in [1.54, 1.807) is 11.3 Å². The molecular formula is C15H23NO3S. The predicted molar refractivity (Wildman–Crippen MR) is 79.7 cm³/mol. The van der Waals surface area contributed by atoms with Gasteiger partial charge >= 0.3 is 0 Å². The molecule has 1 saturated heterocycles. The van der Waals surface area contributed by atoms with Crippen molar-refractivity contribution in [2.45, 2.75) is 58.2 Å². The zero-order chi connectivity index (χ0) is 14.2. The topological polar surface area (TPSA) is 47.6 Å². The molecule has 4 nitrogen and oxygen atoms in total. The normalized spacial score (nSPS) is 18.9. The fourth-order valence-corrected chi connectivity index (χ4v) is 3.09. The van der Waals surface area contributed by atoms with Gasteiger partial charge in [0.1, 0.15) is 0 Å². The van der Waals surface area contributed by atoms with Crippen molar-refractivity contribution in [3.8, 4) is 0 Å². The van der Waals surface area contributed by atoms with Crippen LogP contribution < -0.4 is 5.48 Å². The van der Waals surface area contributed by atoms with E-state index in [-0.39, 0.29) is 12.2 Å². The van der Waals surface area contributed by atoms with Crippen LogP contribution in [0.1, 0.15) is 60.0 Å². The molecule has 2 rings (SSSR count). The molecule has 5 heteroatoms. The molecule has 1 aliphatic heterocycles. The minimum atomic E-state index is -0.295. The second-order valence-corrected chi connectivity index (χ2v) is 6.24. The van der Waals surface area contributed by atoms with Crippen LogP contribution in [-0.4, -0.2) is 18.8 Å². The lowest BCUT2D eigenvalue weighted by Gasteiger charge is -2.21. The van der Waals surface area contributed by atoms with E-state index in [2.05, 4.69) is 12.4 Å². The molecule has 0 aliphatic carbocycles. The molecule has 0 saturated carbocycles. The Balaban J connectivity index is 1.74. The number of hydrogen-bond acceptors (Lipinski definition) is 4. The smallest absolute Gasteiger partial charge is 0.285 e. The lowest BCUT2D eigenvalue weighted by molar-refractivity contribution is -0.186. The summed E-state index contributed by atoms with van der Waals surface area (Å²) in [5.41, 5.74) is 2.50. The van der Waals surface area contributed by atoms with Gasteiger partial charge in [0.25, 0.3) is 5.91 Å². The van der Waals surface area contributed by atoms with Crippen LogP contribution in [0.2, 0.25) is 0 Å². The molecule has 1 N–H and O–H groups in total. The van der Waals surface area contributed by atoms with Crippen LogP contribution in [0.25, 0.3) is 0 Å². The van der Waals surface area contributed by atoms with E-state index >= 15 is 0 Å². The summed E-state index contributed by atoms with van der Waals surface area (Å²) in [6.45, 7) is 2.90. The quantitative estimate of drug-likeness (QED) is 0.617. The average Bonchev–Trinajstić information content (AvgIpc) is 2.95. The van der Waals surface area contributed by atoms with Crippen molar-refractivity contribution in [2.24, 2.45) is 0 Å². The fourth-order valence-electron chi connectivity index (χ4n) is 2.16. The number of unbranched alkanes of at least 4 members (excludes halogenated alkanes) is 2. The van der Waals surface area contributed by atoms with E-state index in [0.29, 0.717) is 11.5 Å². The summed E-state index contributed by atoms with van der Waals surface area (Å²) in [6, 6.07) is 3.90. The summed E-state index contributed by atoms with van der Waals surface area (Å²) in [4.78, 5) is 19.2. The maximum absolute atomic E-state index is 11.9. The van der Waals surface area contributed by atoms with Gasteiger partial charge in [0.05, 0.1) is 4.88 Å². The first-order valence-electron chi connectivity index (χ1n) is 7.46. The molecule has 112 valence electrons. The van der Waals surface area contributed by atoms with E-state index in [0.717, 1.165) is 25.7 Å². The lowest BCUT2D eigenvalue weighted by atomic mass is 10.2. The van der Waals surface area contributed by atoms with Crippen LogP contribution in [0.3, 0.4) is 0 Å². The number of ether oxygens (including phenoxy) is 1. The second-order valence-electron chi connectivity index (χ2n) is 5.07. The minimum Gasteiger partial charge on any atom is -0.350 e. The molecule has 1 unspecified atom stereocenters. The van der Waals surface area contributed by atoms with Gasteiger partial charge in [-0.05, 0) is 37.8 Å². The lowest BCUT2D eigenvalue weighted by Crippen LogP contribution is -2.32. The molecule has 0 bridgehead atoms. The molecule has 0 aromatic carbocycles. The Morgan fingerprint density at radius 3 is 3.10 bits per heavy atom. The third kappa shape index (κ3) is 4.89. The van der Waals surface area contributed by atoms with Gasteiger partial charge in [-0.2, -0.15) is 0 Å². The Bertz CT molecular complexity index is 413. The van der Waals surface area contributed by atoms with E-state index in [4.69, 9.17) is 9.57 Å². The van der Waals surface area contributed by atoms with Gasteiger partial charge < -0.3 is 4.74 Å². The van der Waals surface area contributed by atoms with Crippen molar-refractivity contribution >= 4 is 17.2 Å². The number of rotatable bonds is 7. The Morgan fingerprint density at radius 2 is 2.35 bits per heavy atom. The number of hydroxylamine groups is 1. The van der Waals surface area contributed by atoms with Crippen LogP contribution >= 0.6 is 11.3 Å². The van der Waals surface area contributed by atoms with Crippen molar-refractivity contribution in [2.75, 3.05) is 6.61 Å². The number of nitrogens with one attached hydrogen (secondary N) is 1. The maximum Gasteiger partial charge on any atom is 0.285 e. The molecule has 1 aromatic rings. The third-order valence-corrected chi connectivity index (χ3v) is 4.48. The highest BCUT2D eigenvalue weighted by atomic mass is 32.1. The molecule has 1 atom stereocenters. The summed E-state index contributed by atoms with van der Waals surface area (Å²) in [5, 5.41) is 0. The monoisotopic (exact) mass is 297 g/mol. The van der Waals surface area contributed by atoms with Crippen molar-refractivity contribution < 1.29 is 14.4 Å². The van der Waals surface area contributed by atoms with Gasteiger partial charge in [-0.15, -0.1) is 11.3 Å². The molecule has 0 radical (unpaired) electrons. The Hall–Kier alpha value is -0.910. The van der Waals surface area contributed by atoms with Gasteiger partial charge in [0, 0.05) is 17.9 Å². The van der Waals surface area contributed by atoms with E-state index in [1.165, 1.54) is 24.1 Å². The van der Waals surface area contributed by atoms with Crippen LogP contribution in [0, 0.1) is 0 Å². The summed E-state index contributed by atoms with van der Waals surface area (Å²) in [6.07, 6.45) is 7.39. The van der Waals surface area contributed by atoms with Gasteiger partial charge in [-0.25, -0.2) is 10.3 Å². The van der Waals surface area contributed by atoms with Gasteiger partial charge in [0.2, 0.25) is 0 Å². The molecule has 1 amide bonds. The number of carbonyl (C=O) groups excluding carboxylic acids is 1. The minimum absolute atomic E-state index is 0.175. The second kappa shape index (κ2) is 8.39. The average molecular weight is 297 g/mol. The highest BCUT2D eigenvalue weighted by molar-refractivity contribution is 7.14. The van der Waals surface area contributed by atoms with E-state index in [9.17, 15) is 4.79 Å². The molecule has 20 heavy (non-hydrogen) atoms.